The third-order valence-corrected chi connectivity index (χ3v) is 3.70. The van der Waals surface area contributed by atoms with Crippen LogP contribution in [0.3, 0.4) is 0 Å². The minimum Gasteiger partial charge on any atom is -0.387 e. The van der Waals surface area contributed by atoms with E-state index in [2.05, 4.69) is 15.8 Å². The summed E-state index contributed by atoms with van der Waals surface area (Å²) in [5, 5.41) is 9.75. The molecule has 0 saturated carbocycles. The largest absolute Gasteiger partial charge is 0.387 e. The van der Waals surface area contributed by atoms with Crippen LogP contribution in [0.15, 0.2) is 29.4 Å². The van der Waals surface area contributed by atoms with Crippen LogP contribution in [0.2, 0.25) is 0 Å². The summed E-state index contributed by atoms with van der Waals surface area (Å²) in [7, 11) is 0. The summed E-state index contributed by atoms with van der Waals surface area (Å²) in [6.45, 7) is 1.73. The smallest absolute Gasteiger partial charge is 0.269 e. The Hall–Kier alpha value is -1.95. The molecule has 2 aliphatic rings. The van der Waals surface area contributed by atoms with Gasteiger partial charge in [0.1, 0.15) is 11.5 Å². The van der Waals surface area contributed by atoms with Crippen molar-refractivity contribution >= 4 is 11.6 Å². The number of oxime groups is 1. The van der Waals surface area contributed by atoms with Gasteiger partial charge in [-0.25, -0.2) is 4.39 Å². The molecule has 0 aromatic heterocycles. The molecule has 1 fully saturated rings. The molecule has 0 aliphatic carbocycles. The summed E-state index contributed by atoms with van der Waals surface area (Å²) in [5.41, 5.74) is 0.479. The van der Waals surface area contributed by atoms with Gasteiger partial charge < -0.3 is 15.5 Å². The summed E-state index contributed by atoms with van der Waals surface area (Å²) in [5.74, 6) is -0.620. The highest BCUT2D eigenvalue weighted by Gasteiger charge is 2.43. The van der Waals surface area contributed by atoms with E-state index in [9.17, 15) is 9.18 Å². The van der Waals surface area contributed by atoms with Gasteiger partial charge in [0.05, 0.1) is 0 Å². The Morgan fingerprint density at radius 1 is 1.50 bits per heavy atom. The van der Waals surface area contributed by atoms with E-state index in [-0.39, 0.29) is 23.9 Å². The first-order valence-corrected chi connectivity index (χ1v) is 6.66. The first-order chi connectivity index (χ1) is 9.69. The number of halogens is 1. The Bertz CT molecular complexity index is 553. The second-order valence-corrected chi connectivity index (χ2v) is 5.19. The van der Waals surface area contributed by atoms with Gasteiger partial charge >= 0.3 is 0 Å². The lowest BCUT2D eigenvalue weighted by molar-refractivity contribution is -0.115. The molecular weight excluding hydrogens is 261 g/mol. The maximum Gasteiger partial charge on any atom is 0.269 e. The van der Waals surface area contributed by atoms with Crippen molar-refractivity contribution in [3.63, 3.8) is 0 Å². The second-order valence-electron chi connectivity index (χ2n) is 5.19. The fourth-order valence-electron chi connectivity index (χ4n) is 2.51. The fourth-order valence-corrected chi connectivity index (χ4v) is 2.51. The number of nitrogens with zero attached hydrogens (tertiary/aromatic N) is 1. The molecular formula is C14H16FN3O2. The fraction of sp³-hybridized carbons (Fsp3) is 0.429. The number of carbonyl (C=O) groups excluding carboxylic acids is 1. The van der Waals surface area contributed by atoms with Crippen molar-refractivity contribution in [3.8, 4) is 0 Å². The van der Waals surface area contributed by atoms with E-state index in [1.54, 1.807) is 18.2 Å². The van der Waals surface area contributed by atoms with E-state index in [1.165, 1.54) is 6.07 Å². The minimum absolute atomic E-state index is 0.149. The van der Waals surface area contributed by atoms with Crippen molar-refractivity contribution in [2.45, 2.75) is 25.0 Å². The summed E-state index contributed by atoms with van der Waals surface area (Å²) < 4.78 is 13.4. The zero-order valence-electron chi connectivity index (χ0n) is 11.0. The lowest BCUT2D eigenvalue weighted by Crippen LogP contribution is -2.36. The van der Waals surface area contributed by atoms with Gasteiger partial charge in [-0.2, -0.15) is 0 Å². The van der Waals surface area contributed by atoms with Crippen molar-refractivity contribution in [2.75, 3.05) is 13.1 Å². The average Bonchev–Trinajstić information content (AvgIpc) is 3.08. The highest BCUT2D eigenvalue weighted by Crippen LogP contribution is 2.29. The molecule has 1 amide bonds. The molecule has 20 heavy (non-hydrogen) atoms. The predicted molar refractivity (Wildman–Crippen MR) is 71.6 cm³/mol. The molecule has 1 aromatic carbocycles. The molecule has 5 nitrogen and oxygen atoms in total. The van der Waals surface area contributed by atoms with Crippen LogP contribution < -0.4 is 10.6 Å². The van der Waals surface area contributed by atoms with Crippen LogP contribution in [0.1, 0.15) is 18.4 Å². The molecule has 1 aromatic rings. The van der Waals surface area contributed by atoms with Crippen molar-refractivity contribution < 1.29 is 14.0 Å². The molecule has 2 heterocycles. The molecule has 1 atom stereocenters. The number of hydrogen-bond donors (Lipinski definition) is 2. The Morgan fingerprint density at radius 2 is 2.35 bits per heavy atom. The van der Waals surface area contributed by atoms with Gasteiger partial charge in [0.25, 0.3) is 5.91 Å². The van der Waals surface area contributed by atoms with Crippen LogP contribution >= 0.6 is 0 Å². The van der Waals surface area contributed by atoms with Crippen molar-refractivity contribution in [1.29, 1.82) is 0 Å². The maximum atomic E-state index is 13.4. The maximum absolute atomic E-state index is 13.4. The first-order valence-electron chi connectivity index (χ1n) is 6.66. The topological polar surface area (TPSA) is 62.7 Å². The average molecular weight is 277 g/mol. The lowest BCUT2D eigenvalue weighted by Gasteiger charge is -2.18. The molecule has 6 heteroatoms. The number of hydrogen-bond acceptors (Lipinski definition) is 4. The van der Waals surface area contributed by atoms with E-state index < -0.39 is 0 Å². The highest BCUT2D eigenvalue weighted by molar-refractivity contribution is 6.39. The number of benzene rings is 1. The Balaban J connectivity index is 1.57. The van der Waals surface area contributed by atoms with Crippen LogP contribution in [0.5, 0.6) is 0 Å². The molecule has 2 aliphatic heterocycles. The molecule has 1 saturated heterocycles. The normalized spacial score (nSPS) is 24.6. The van der Waals surface area contributed by atoms with Crippen molar-refractivity contribution in [1.82, 2.24) is 10.6 Å². The number of nitrogens with one attached hydrogen (secondary N) is 2. The third-order valence-electron chi connectivity index (χ3n) is 3.70. The molecule has 106 valence electrons. The Kier molecular flexibility index (Phi) is 3.40. The first kappa shape index (κ1) is 13.1. The van der Waals surface area contributed by atoms with E-state index >= 15 is 0 Å². The minimum atomic E-state index is -0.356. The zero-order chi connectivity index (χ0) is 14.0. The van der Waals surface area contributed by atoms with Crippen LogP contribution in [0, 0.1) is 5.82 Å². The number of amides is 1. The van der Waals surface area contributed by atoms with Gasteiger partial charge in [-0.3, -0.25) is 4.79 Å². The Morgan fingerprint density at radius 3 is 3.10 bits per heavy atom. The quantitative estimate of drug-likeness (QED) is 0.864. The van der Waals surface area contributed by atoms with E-state index in [0.717, 1.165) is 13.0 Å². The van der Waals surface area contributed by atoms with Gasteiger partial charge in [-0.1, -0.05) is 23.4 Å². The monoisotopic (exact) mass is 277 g/mol. The van der Waals surface area contributed by atoms with Crippen LogP contribution in [-0.4, -0.2) is 30.3 Å². The van der Waals surface area contributed by atoms with Crippen LogP contribution in [-0.2, 0) is 16.2 Å². The third kappa shape index (κ3) is 2.51. The molecule has 0 bridgehead atoms. The van der Waals surface area contributed by atoms with Crippen molar-refractivity contribution in [2.24, 2.45) is 5.16 Å². The Labute approximate surface area is 116 Å². The standard InChI is InChI=1S/C14H16FN3O2/c15-11-4-2-1-3-10(11)8-17-13(19)12-7-14(20-18-12)5-6-16-9-14/h1-4,16H,5-9H2,(H,17,19)/t14-/m1/s1. The van der Waals surface area contributed by atoms with Crippen LogP contribution in [0.4, 0.5) is 4.39 Å². The summed E-state index contributed by atoms with van der Waals surface area (Å²) in [6.07, 6.45) is 1.35. The van der Waals surface area contributed by atoms with E-state index in [4.69, 9.17) is 4.84 Å². The summed E-state index contributed by atoms with van der Waals surface area (Å²) >= 11 is 0. The van der Waals surface area contributed by atoms with Gasteiger partial charge in [-0.05, 0) is 12.6 Å². The molecule has 0 unspecified atom stereocenters. The van der Waals surface area contributed by atoms with Crippen molar-refractivity contribution in [3.05, 3.63) is 35.6 Å². The van der Waals surface area contributed by atoms with Gasteiger partial charge in [0, 0.05) is 31.5 Å². The van der Waals surface area contributed by atoms with E-state index in [1.807, 2.05) is 0 Å². The SMILES string of the molecule is O=C(NCc1ccccc1F)C1=NO[C@]2(CCNC2)C1. The second kappa shape index (κ2) is 5.20. The van der Waals surface area contributed by atoms with Gasteiger partial charge in [-0.15, -0.1) is 0 Å². The predicted octanol–water partition coefficient (Wildman–Crippen LogP) is 0.950. The number of rotatable bonds is 3. The lowest BCUT2D eigenvalue weighted by atomic mass is 9.96. The molecule has 0 radical (unpaired) electrons. The highest BCUT2D eigenvalue weighted by atomic mass is 19.1. The van der Waals surface area contributed by atoms with Gasteiger partial charge in [0.2, 0.25) is 0 Å². The zero-order valence-corrected chi connectivity index (χ0v) is 11.0. The molecule has 3 rings (SSSR count). The number of carbonyl (C=O) groups is 1. The van der Waals surface area contributed by atoms with Gasteiger partial charge in [0.15, 0.2) is 5.60 Å². The van der Waals surface area contributed by atoms with Crippen LogP contribution in [0.25, 0.3) is 0 Å². The summed E-state index contributed by atoms with van der Waals surface area (Å²) in [4.78, 5) is 17.4. The molecule has 1 spiro atoms. The molecule has 2 N–H and O–H groups in total. The van der Waals surface area contributed by atoms with E-state index in [0.29, 0.717) is 24.2 Å². The summed E-state index contributed by atoms with van der Waals surface area (Å²) in [6, 6.07) is 6.37.